The van der Waals surface area contributed by atoms with E-state index >= 15 is 0 Å². The third kappa shape index (κ3) is 2.65. The number of nitrogens with zero attached hydrogens (tertiary/aromatic N) is 1. The summed E-state index contributed by atoms with van der Waals surface area (Å²) in [7, 11) is 0. The summed E-state index contributed by atoms with van der Waals surface area (Å²) in [4.78, 5) is 14.6. The van der Waals surface area contributed by atoms with Gasteiger partial charge in [-0.15, -0.1) is 0 Å². The maximum Gasteiger partial charge on any atom is 0.149 e. The van der Waals surface area contributed by atoms with Crippen molar-refractivity contribution in [2.75, 3.05) is 6.54 Å². The first kappa shape index (κ1) is 12.1. The van der Waals surface area contributed by atoms with Crippen LogP contribution in [-0.2, 0) is 4.79 Å². The molecule has 0 radical (unpaired) electrons. The molecule has 2 aliphatic rings. The molecule has 0 aromatic carbocycles. The lowest BCUT2D eigenvalue weighted by molar-refractivity contribution is -0.128. The zero-order valence-electron chi connectivity index (χ0n) is 10.6. The van der Waals surface area contributed by atoms with Gasteiger partial charge in [-0.3, -0.25) is 9.69 Å². The van der Waals surface area contributed by atoms with Gasteiger partial charge in [-0.25, -0.2) is 0 Å². The Bertz CT molecular complexity index is 237. The Hall–Kier alpha value is -0.370. The van der Waals surface area contributed by atoms with Crippen LogP contribution >= 0.6 is 0 Å². The molecule has 2 heteroatoms. The second-order valence-electron chi connectivity index (χ2n) is 5.40. The van der Waals surface area contributed by atoms with E-state index in [1.807, 2.05) is 0 Å². The third-order valence-corrected chi connectivity index (χ3v) is 4.22. The molecule has 0 spiro atoms. The Kier molecular flexibility index (Phi) is 4.39. The first-order valence-electron chi connectivity index (χ1n) is 7.11. The number of carbonyl (C=O) groups is 1. The van der Waals surface area contributed by atoms with E-state index in [0.29, 0.717) is 11.8 Å². The van der Waals surface area contributed by atoms with E-state index < -0.39 is 0 Å². The average molecular weight is 223 g/mol. The van der Waals surface area contributed by atoms with Gasteiger partial charge < -0.3 is 0 Å². The SMILES string of the molecule is CCCC1CCCCN1C1CCCCC1=O. The summed E-state index contributed by atoms with van der Waals surface area (Å²) in [6.07, 6.45) is 10.8. The predicted molar refractivity (Wildman–Crippen MR) is 66.5 cm³/mol. The van der Waals surface area contributed by atoms with Gasteiger partial charge in [0, 0.05) is 12.5 Å². The predicted octanol–water partition coefficient (Wildman–Crippen LogP) is 3.15. The summed E-state index contributed by atoms with van der Waals surface area (Å²) in [5.74, 6) is 0.522. The van der Waals surface area contributed by atoms with Crippen LogP contribution in [0.2, 0.25) is 0 Å². The van der Waals surface area contributed by atoms with Crippen molar-refractivity contribution in [3.63, 3.8) is 0 Å². The number of hydrogen-bond donors (Lipinski definition) is 0. The van der Waals surface area contributed by atoms with E-state index in [2.05, 4.69) is 11.8 Å². The van der Waals surface area contributed by atoms with Crippen molar-refractivity contribution < 1.29 is 4.79 Å². The molecular formula is C14H25NO. The summed E-state index contributed by atoms with van der Waals surface area (Å²) >= 11 is 0. The van der Waals surface area contributed by atoms with E-state index in [-0.39, 0.29) is 6.04 Å². The molecule has 0 N–H and O–H groups in total. The van der Waals surface area contributed by atoms with Crippen LogP contribution < -0.4 is 0 Å². The van der Waals surface area contributed by atoms with Gasteiger partial charge in [0.1, 0.15) is 5.78 Å². The monoisotopic (exact) mass is 223 g/mol. The number of ketones is 1. The third-order valence-electron chi connectivity index (χ3n) is 4.22. The zero-order chi connectivity index (χ0) is 11.4. The van der Waals surface area contributed by atoms with Crippen LogP contribution in [0.5, 0.6) is 0 Å². The molecule has 2 rings (SSSR count). The van der Waals surface area contributed by atoms with Crippen LogP contribution in [0.3, 0.4) is 0 Å². The molecule has 1 saturated carbocycles. The lowest BCUT2D eigenvalue weighted by Crippen LogP contribution is -2.50. The van der Waals surface area contributed by atoms with E-state index in [0.717, 1.165) is 19.3 Å². The van der Waals surface area contributed by atoms with Crippen LogP contribution in [-0.4, -0.2) is 29.3 Å². The first-order valence-corrected chi connectivity index (χ1v) is 7.11. The quantitative estimate of drug-likeness (QED) is 0.732. The largest absolute Gasteiger partial charge is 0.298 e. The molecule has 2 nitrogen and oxygen atoms in total. The number of piperidine rings is 1. The number of Topliss-reactive ketones (excluding diaryl/α,β-unsaturated/α-hetero) is 1. The van der Waals surface area contributed by atoms with Crippen LogP contribution in [0.1, 0.15) is 64.7 Å². The topological polar surface area (TPSA) is 20.3 Å². The zero-order valence-corrected chi connectivity index (χ0v) is 10.6. The summed E-state index contributed by atoms with van der Waals surface area (Å²) in [5.41, 5.74) is 0. The molecule has 2 unspecified atom stereocenters. The van der Waals surface area contributed by atoms with E-state index in [4.69, 9.17) is 0 Å². The van der Waals surface area contributed by atoms with Gasteiger partial charge in [0.2, 0.25) is 0 Å². The van der Waals surface area contributed by atoms with Crippen molar-refractivity contribution in [1.82, 2.24) is 4.90 Å². The van der Waals surface area contributed by atoms with Crippen LogP contribution in [0.25, 0.3) is 0 Å². The van der Waals surface area contributed by atoms with E-state index in [9.17, 15) is 4.79 Å². The Morgan fingerprint density at radius 1 is 1.19 bits per heavy atom. The summed E-state index contributed by atoms with van der Waals surface area (Å²) in [6, 6.07) is 0.983. The van der Waals surface area contributed by atoms with Gasteiger partial charge in [-0.2, -0.15) is 0 Å². The molecule has 2 fully saturated rings. The molecule has 1 heterocycles. The van der Waals surface area contributed by atoms with E-state index in [1.165, 1.54) is 45.1 Å². The van der Waals surface area contributed by atoms with Crippen molar-refractivity contribution in [3.8, 4) is 0 Å². The van der Waals surface area contributed by atoms with Gasteiger partial charge in [0.05, 0.1) is 6.04 Å². The molecule has 0 aromatic rings. The van der Waals surface area contributed by atoms with Gasteiger partial charge >= 0.3 is 0 Å². The smallest absolute Gasteiger partial charge is 0.149 e. The molecule has 0 amide bonds. The second kappa shape index (κ2) is 5.81. The maximum atomic E-state index is 12.0. The second-order valence-corrected chi connectivity index (χ2v) is 5.40. The summed E-state index contributed by atoms with van der Waals surface area (Å²) < 4.78 is 0. The number of hydrogen-bond acceptors (Lipinski definition) is 2. The number of likely N-dealkylation sites (tertiary alicyclic amines) is 1. The molecule has 0 aromatic heterocycles. The standard InChI is InChI=1S/C14H25NO/c1-2-7-12-8-5-6-11-15(12)13-9-3-4-10-14(13)16/h12-13H,2-11H2,1H3. The van der Waals surface area contributed by atoms with Crippen LogP contribution in [0.15, 0.2) is 0 Å². The number of rotatable bonds is 3. The van der Waals surface area contributed by atoms with Gasteiger partial charge in [0.25, 0.3) is 0 Å². The molecule has 1 aliphatic heterocycles. The van der Waals surface area contributed by atoms with Gasteiger partial charge in [-0.1, -0.05) is 26.2 Å². The van der Waals surface area contributed by atoms with Crippen molar-refractivity contribution in [2.24, 2.45) is 0 Å². The van der Waals surface area contributed by atoms with Gasteiger partial charge in [-0.05, 0) is 38.6 Å². The Balaban J connectivity index is 2.00. The average Bonchev–Trinajstić information content (AvgIpc) is 2.31. The lowest BCUT2D eigenvalue weighted by Gasteiger charge is -2.42. The number of carbonyl (C=O) groups excluding carboxylic acids is 1. The molecule has 16 heavy (non-hydrogen) atoms. The molecular weight excluding hydrogens is 198 g/mol. The maximum absolute atomic E-state index is 12.0. The molecule has 92 valence electrons. The van der Waals surface area contributed by atoms with E-state index in [1.54, 1.807) is 0 Å². The Morgan fingerprint density at radius 3 is 2.75 bits per heavy atom. The van der Waals surface area contributed by atoms with Crippen molar-refractivity contribution >= 4 is 5.78 Å². The Morgan fingerprint density at radius 2 is 2.00 bits per heavy atom. The van der Waals surface area contributed by atoms with Gasteiger partial charge in [0.15, 0.2) is 0 Å². The fourth-order valence-electron chi connectivity index (χ4n) is 3.39. The molecule has 1 saturated heterocycles. The first-order chi connectivity index (χ1) is 7.83. The highest BCUT2D eigenvalue weighted by atomic mass is 16.1. The summed E-state index contributed by atoms with van der Waals surface area (Å²) in [5, 5.41) is 0. The molecule has 1 aliphatic carbocycles. The fraction of sp³-hybridized carbons (Fsp3) is 0.929. The minimum Gasteiger partial charge on any atom is -0.298 e. The normalized spacial score (nSPS) is 32.9. The Labute approximate surface area is 99.4 Å². The summed E-state index contributed by atoms with van der Waals surface area (Å²) in [6.45, 7) is 3.43. The highest BCUT2D eigenvalue weighted by Gasteiger charge is 2.33. The van der Waals surface area contributed by atoms with Crippen LogP contribution in [0, 0.1) is 0 Å². The highest BCUT2D eigenvalue weighted by Crippen LogP contribution is 2.28. The fourth-order valence-corrected chi connectivity index (χ4v) is 3.39. The van der Waals surface area contributed by atoms with Crippen molar-refractivity contribution in [2.45, 2.75) is 76.8 Å². The van der Waals surface area contributed by atoms with Crippen LogP contribution in [0.4, 0.5) is 0 Å². The van der Waals surface area contributed by atoms with Crippen molar-refractivity contribution in [1.29, 1.82) is 0 Å². The minimum absolute atomic E-state index is 0.283. The molecule has 0 bridgehead atoms. The van der Waals surface area contributed by atoms with Crippen molar-refractivity contribution in [3.05, 3.63) is 0 Å². The molecule has 2 atom stereocenters. The lowest BCUT2D eigenvalue weighted by atomic mass is 9.88. The highest BCUT2D eigenvalue weighted by molar-refractivity contribution is 5.84. The minimum atomic E-state index is 0.283.